The average Bonchev–Trinajstić information content (AvgIpc) is 2.17. The van der Waals surface area contributed by atoms with E-state index in [2.05, 4.69) is 5.32 Å². The summed E-state index contributed by atoms with van der Waals surface area (Å²) in [6.07, 6.45) is 6.09. The SMILES string of the molecule is NC(=O)C1=CC2=C(NC1)OC=CC2. The first-order chi connectivity index (χ1) is 6.27. The fourth-order valence-electron chi connectivity index (χ4n) is 1.33. The fraction of sp³-hybridized carbons (Fsp3) is 0.222. The predicted octanol–water partition coefficient (Wildman–Crippen LogP) is 0.147. The molecular weight excluding hydrogens is 168 g/mol. The molecule has 1 amide bonds. The molecule has 2 heterocycles. The molecule has 0 saturated carbocycles. The Morgan fingerprint density at radius 3 is 3.23 bits per heavy atom. The van der Waals surface area contributed by atoms with Crippen molar-refractivity contribution in [2.24, 2.45) is 5.73 Å². The Kier molecular flexibility index (Phi) is 1.81. The zero-order valence-corrected chi connectivity index (χ0v) is 7.04. The number of hydrogen-bond donors (Lipinski definition) is 2. The maximum atomic E-state index is 10.9. The van der Waals surface area contributed by atoms with Gasteiger partial charge in [0, 0.05) is 17.7 Å². The van der Waals surface area contributed by atoms with Crippen LogP contribution in [0.3, 0.4) is 0 Å². The molecule has 2 aliphatic rings. The Bertz CT molecular complexity index is 340. The highest BCUT2D eigenvalue weighted by Gasteiger charge is 2.17. The second-order valence-corrected chi connectivity index (χ2v) is 2.94. The number of carbonyl (C=O) groups excluding carboxylic acids is 1. The van der Waals surface area contributed by atoms with E-state index in [4.69, 9.17) is 10.5 Å². The number of allylic oxidation sites excluding steroid dienone is 3. The molecule has 4 heteroatoms. The summed E-state index contributed by atoms with van der Waals surface area (Å²) in [5.74, 6) is 0.348. The molecule has 0 unspecified atom stereocenters. The van der Waals surface area contributed by atoms with Crippen molar-refractivity contribution in [1.29, 1.82) is 0 Å². The van der Waals surface area contributed by atoms with Crippen molar-refractivity contribution in [3.8, 4) is 0 Å². The van der Waals surface area contributed by atoms with Gasteiger partial charge in [0.05, 0.1) is 6.26 Å². The lowest BCUT2D eigenvalue weighted by Gasteiger charge is -2.21. The van der Waals surface area contributed by atoms with Gasteiger partial charge in [0.25, 0.3) is 0 Å². The van der Waals surface area contributed by atoms with E-state index in [0.29, 0.717) is 12.1 Å². The highest BCUT2D eigenvalue weighted by atomic mass is 16.5. The summed E-state index contributed by atoms with van der Waals surface area (Å²) < 4.78 is 5.20. The smallest absolute Gasteiger partial charge is 0.246 e. The van der Waals surface area contributed by atoms with E-state index in [1.54, 1.807) is 12.3 Å². The van der Waals surface area contributed by atoms with Gasteiger partial charge >= 0.3 is 0 Å². The number of hydrogen-bond acceptors (Lipinski definition) is 3. The third-order valence-electron chi connectivity index (χ3n) is 2.02. The molecule has 2 aliphatic heterocycles. The monoisotopic (exact) mass is 178 g/mol. The van der Waals surface area contributed by atoms with Crippen LogP contribution in [-0.2, 0) is 9.53 Å². The van der Waals surface area contributed by atoms with Crippen LogP contribution in [0.15, 0.2) is 35.4 Å². The van der Waals surface area contributed by atoms with E-state index >= 15 is 0 Å². The summed E-state index contributed by atoms with van der Waals surface area (Å²) >= 11 is 0. The third-order valence-corrected chi connectivity index (χ3v) is 2.02. The molecule has 4 nitrogen and oxygen atoms in total. The minimum Gasteiger partial charge on any atom is -0.449 e. The van der Waals surface area contributed by atoms with Gasteiger partial charge in [-0.2, -0.15) is 0 Å². The molecule has 0 saturated heterocycles. The lowest BCUT2D eigenvalue weighted by Crippen LogP contribution is -2.30. The first-order valence-electron chi connectivity index (χ1n) is 4.06. The quantitative estimate of drug-likeness (QED) is 0.600. The van der Waals surface area contributed by atoms with Crippen LogP contribution in [0.5, 0.6) is 0 Å². The number of primary amides is 1. The van der Waals surface area contributed by atoms with Crippen LogP contribution in [0.1, 0.15) is 6.42 Å². The molecule has 0 bridgehead atoms. The van der Waals surface area contributed by atoms with Gasteiger partial charge in [-0.3, -0.25) is 4.79 Å². The van der Waals surface area contributed by atoms with E-state index in [9.17, 15) is 4.79 Å². The molecule has 0 spiro atoms. The third kappa shape index (κ3) is 1.42. The van der Waals surface area contributed by atoms with E-state index in [0.717, 1.165) is 17.9 Å². The number of dihydropyridines is 1. The van der Waals surface area contributed by atoms with Gasteiger partial charge in [-0.05, 0) is 18.6 Å². The van der Waals surface area contributed by atoms with Crippen LogP contribution in [0.4, 0.5) is 0 Å². The van der Waals surface area contributed by atoms with E-state index in [1.165, 1.54) is 0 Å². The van der Waals surface area contributed by atoms with Crippen LogP contribution in [0.2, 0.25) is 0 Å². The Labute approximate surface area is 75.7 Å². The van der Waals surface area contributed by atoms with E-state index in [1.807, 2.05) is 6.08 Å². The normalized spacial score (nSPS) is 19.8. The summed E-state index contributed by atoms with van der Waals surface area (Å²) in [6, 6.07) is 0. The Balaban J connectivity index is 2.26. The zero-order valence-electron chi connectivity index (χ0n) is 7.04. The first-order valence-corrected chi connectivity index (χ1v) is 4.06. The van der Waals surface area contributed by atoms with Gasteiger partial charge in [-0.25, -0.2) is 0 Å². The van der Waals surface area contributed by atoms with Gasteiger partial charge < -0.3 is 15.8 Å². The Hall–Kier alpha value is -1.71. The molecule has 0 aliphatic carbocycles. The summed E-state index contributed by atoms with van der Waals surface area (Å²) in [6.45, 7) is 0.446. The van der Waals surface area contributed by atoms with Gasteiger partial charge in [0.15, 0.2) is 5.88 Å². The predicted molar refractivity (Wildman–Crippen MR) is 47.1 cm³/mol. The molecule has 0 radical (unpaired) electrons. The highest BCUT2D eigenvalue weighted by Crippen LogP contribution is 2.20. The van der Waals surface area contributed by atoms with Gasteiger partial charge in [0.2, 0.25) is 5.91 Å². The molecule has 0 aromatic rings. The van der Waals surface area contributed by atoms with Crippen molar-refractivity contribution in [1.82, 2.24) is 5.32 Å². The van der Waals surface area contributed by atoms with E-state index < -0.39 is 0 Å². The standard InChI is InChI=1S/C9H10N2O2/c10-8(12)7-4-6-2-1-3-13-9(6)11-5-7/h1,3-4,11H,2,5H2,(H2,10,12). The van der Waals surface area contributed by atoms with Crippen molar-refractivity contribution in [3.05, 3.63) is 35.4 Å². The molecule has 0 atom stereocenters. The number of nitrogens with two attached hydrogens (primary N) is 1. The van der Waals surface area contributed by atoms with Crippen molar-refractivity contribution < 1.29 is 9.53 Å². The first kappa shape index (κ1) is 7.91. The number of ether oxygens (including phenoxy) is 1. The summed E-state index contributed by atoms with van der Waals surface area (Å²) in [4.78, 5) is 10.9. The maximum Gasteiger partial charge on any atom is 0.246 e. The Morgan fingerprint density at radius 1 is 1.62 bits per heavy atom. The van der Waals surface area contributed by atoms with Crippen molar-refractivity contribution in [2.45, 2.75) is 6.42 Å². The number of carbonyl (C=O) groups is 1. The second-order valence-electron chi connectivity index (χ2n) is 2.94. The second kappa shape index (κ2) is 2.97. The van der Waals surface area contributed by atoms with Crippen molar-refractivity contribution >= 4 is 5.91 Å². The van der Waals surface area contributed by atoms with Gasteiger partial charge in [-0.1, -0.05) is 0 Å². The average molecular weight is 178 g/mol. The maximum absolute atomic E-state index is 10.9. The fourth-order valence-corrected chi connectivity index (χ4v) is 1.33. The summed E-state index contributed by atoms with van der Waals surface area (Å²) in [5.41, 5.74) is 6.73. The molecule has 13 heavy (non-hydrogen) atoms. The molecule has 0 aromatic heterocycles. The van der Waals surface area contributed by atoms with Crippen LogP contribution in [-0.4, -0.2) is 12.5 Å². The summed E-state index contributed by atoms with van der Waals surface area (Å²) in [7, 11) is 0. The van der Waals surface area contributed by atoms with Gasteiger partial charge in [0.1, 0.15) is 0 Å². The molecule has 3 N–H and O–H groups in total. The highest BCUT2D eigenvalue weighted by molar-refractivity contribution is 5.93. The van der Waals surface area contributed by atoms with E-state index in [-0.39, 0.29) is 5.91 Å². The minimum absolute atomic E-state index is 0.381. The molecule has 68 valence electrons. The molecule has 2 rings (SSSR count). The van der Waals surface area contributed by atoms with Crippen LogP contribution < -0.4 is 11.1 Å². The van der Waals surface area contributed by atoms with Crippen LogP contribution in [0, 0.1) is 0 Å². The van der Waals surface area contributed by atoms with Gasteiger partial charge in [-0.15, -0.1) is 0 Å². The Morgan fingerprint density at radius 2 is 2.46 bits per heavy atom. The molecule has 0 aromatic carbocycles. The number of nitrogens with one attached hydrogen (secondary N) is 1. The largest absolute Gasteiger partial charge is 0.449 e. The molecule has 0 fully saturated rings. The lowest BCUT2D eigenvalue weighted by atomic mass is 10.0. The number of rotatable bonds is 1. The topological polar surface area (TPSA) is 64.4 Å². The van der Waals surface area contributed by atoms with Crippen molar-refractivity contribution in [3.63, 3.8) is 0 Å². The van der Waals surface area contributed by atoms with Crippen molar-refractivity contribution in [2.75, 3.05) is 6.54 Å². The lowest BCUT2D eigenvalue weighted by molar-refractivity contribution is -0.114. The number of amides is 1. The minimum atomic E-state index is -0.381. The zero-order chi connectivity index (χ0) is 9.26. The summed E-state index contributed by atoms with van der Waals surface area (Å²) in [5, 5.41) is 2.99. The molecular formula is C9H10N2O2. The van der Waals surface area contributed by atoms with Crippen LogP contribution in [0.25, 0.3) is 0 Å². The van der Waals surface area contributed by atoms with Crippen LogP contribution >= 0.6 is 0 Å².